The summed E-state index contributed by atoms with van der Waals surface area (Å²) in [4.78, 5) is 24.4. The molecule has 0 aromatic heterocycles. The smallest absolute Gasteiger partial charge is 0.321 e. The fraction of sp³-hybridized carbons (Fsp3) is 0.429. The molecule has 0 aliphatic carbocycles. The predicted molar refractivity (Wildman–Crippen MR) is 79.7 cm³/mol. The molecule has 0 bridgehead atoms. The number of nitrogens with one attached hydrogen (secondary N) is 1. The van der Waals surface area contributed by atoms with Crippen molar-refractivity contribution >= 4 is 33.6 Å². The fourth-order valence-corrected chi connectivity index (χ4v) is 2.74. The molecule has 7 heteroatoms. The molecule has 2 N–H and O–H groups in total. The first-order valence-electron chi connectivity index (χ1n) is 6.68. The van der Waals surface area contributed by atoms with E-state index in [1.807, 2.05) is 0 Å². The van der Waals surface area contributed by atoms with Crippen LogP contribution >= 0.6 is 15.9 Å². The molecule has 21 heavy (non-hydrogen) atoms. The van der Waals surface area contributed by atoms with Gasteiger partial charge in [0.05, 0.1) is 4.47 Å². The van der Waals surface area contributed by atoms with Gasteiger partial charge in [0, 0.05) is 25.2 Å². The second-order valence-electron chi connectivity index (χ2n) is 5.09. The van der Waals surface area contributed by atoms with Crippen molar-refractivity contribution in [2.75, 3.05) is 18.4 Å². The molecule has 0 unspecified atom stereocenters. The van der Waals surface area contributed by atoms with Gasteiger partial charge >= 0.3 is 12.0 Å². The Morgan fingerprint density at radius 2 is 2.05 bits per heavy atom. The van der Waals surface area contributed by atoms with Crippen molar-refractivity contribution in [3.8, 4) is 0 Å². The molecule has 1 saturated heterocycles. The third-order valence-corrected chi connectivity index (χ3v) is 4.14. The van der Waals surface area contributed by atoms with Gasteiger partial charge in [-0.2, -0.15) is 0 Å². The fourth-order valence-electron chi connectivity index (χ4n) is 2.36. The summed E-state index contributed by atoms with van der Waals surface area (Å²) in [7, 11) is 0. The normalized spacial score (nSPS) is 15.8. The topological polar surface area (TPSA) is 69.6 Å². The van der Waals surface area contributed by atoms with Crippen LogP contribution in [0.15, 0.2) is 22.7 Å². The summed E-state index contributed by atoms with van der Waals surface area (Å²) in [5.74, 6) is -1.05. The number of rotatable bonds is 3. The predicted octanol–water partition coefficient (Wildman–Crippen LogP) is 3.31. The maximum Gasteiger partial charge on any atom is 0.321 e. The highest BCUT2D eigenvalue weighted by Crippen LogP contribution is 2.23. The number of piperidine rings is 1. The number of benzene rings is 1. The first-order chi connectivity index (χ1) is 9.95. The zero-order chi connectivity index (χ0) is 15.4. The molecule has 2 rings (SSSR count). The lowest BCUT2D eigenvalue weighted by atomic mass is 9.94. The van der Waals surface area contributed by atoms with Crippen LogP contribution in [0.5, 0.6) is 0 Å². The average molecular weight is 359 g/mol. The molecule has 1 heterocycles. The Morgan fingerprint density at radius 3 is 2.62 bits per heavy atom. The number of hydrogen-bond acceptors (Lipinski definition) is 2. The Morgan fingerprint density at radius 1 is 1.38 bits per heavy atom. The molecule has 2 amide bonds. The molecule has 0 atom stereocenters. The minimum absolute atomic E-state index is 0.131. The Kier molecular flexibility index (Phi) is 5.17. The van der Waals surface area contributed by atoms with Gasteiger partial charge in [-0.05, 0) is 52.9 Å². The van der Waals surface area contributed by atoms with Crippen molar-refractivity contribution < 1.29 is 19.1 Å². The highest BCUT2D eigenvalue weighted by molar-refractivity contribution is 9.10. The second-order valence-corrected chi connectivity index (χ2v) is 5.94. The van der Waals surface area contributed by atoms with Gasteiger partial charge in [-0.15, -0.1) is 0 Å². The molecule has 0 saturated carbocycles. The number of likely N-dealkylation sites (tertiary alicyclic amines) is 1. The molecule has 0 radical (unpaired) electrons. The summed E-state index contributed by atoms with van der Waals surface area (Å²) in [5, 5.41) is 11.5. The van der Waals surface area contributed by atoms with Gasteiger partial charge in [-0.1, -0.05) is 0 Å². The van der Waals surface area contributed by atoms with Gasteiger partial charge in [-0.3, -0.25) is 4.79 Å². The number of aliphatic carboxylic acids is 1. The van der Waals surface area contributed by atoms with Crippen molar-refractivity contribution in [1.29, 1.82) is 0 Å². The van der Waals surface area contributed by atoms with Crippen LogP contribution in [0.4, 0.5) is 14.9 Å². The lowest BCUT2D eigenvalue weighted by Gasteiger charge is -2.31. The molecule has 1 aliphatic heterocycles. The molecule has 1 fully saturated rings. The van der Waals surface area contributed by atoms with Crippen LogP contribution in [-0.2, 0) is 4.79 Å². The highest BCUT2D eigenvalue weighted by atomic mass is 79.9. The maximum atomic E-state index is 13.1. The van der Waals surface area contributed by atoms with E-state index in [-0.39, 0.29) is 24.2 Å². The number of carbonyl (C=O) groups is 2. The van der Waals surface area contributed by atoms with Gasteiger partial charge in [0.1, 0.15) is 5.82 Å². The first kappa shape index (κ1) is 15.8. The minimum Gasteiger partial charge on any atom is -0.481 e. The number of halogens is 2. The van der Waals surface area contributed by atoms with Crippen molar-refractivity contribution in [3.05, 3.63) is 28.5 Å². The molecule has 1 aromatic rings. The lowest BCUT2D eigenvalue weighted by molar-refractivity contribution is -0.138. The van der Waals surface area contributed by atoms with Gasteiger partial charge in [0.25, 0.3) is 0 Å². The van der Waals surface area contributed by atoms with Crippen molar-refractivity contribution in [3.63, 3.8) is 0 Å². The summed E-state index contributed by atoms with van der Waals surface area (Å²) in [6.07, 6.45) is 1.53. The number of urea groups is 1. The summed E-state index contributed by atoms with van der Waals surface area (Å²) in [6.45, 7) is 1.07. The van der Waals surface area contributed by atoms with Crippen LogP contribution in [0.25, 0.3) is 0 Å². The maximum absolute atomic E-state index is 13.1. The zero-order valence-electron chi connectivity index (χ0n) is 11.3. The van der Waals surface area contributed by atoms with E-state index < -0.39 is 5.97 Å². The summed E-state index contributed by atoms with van der Waals surface area (Å²) in [6, 6.07) is 4.03. The van der Waals surface area contributed by atoms with Gasteiger partial charge in [-0.25, -0.2) is 9.18 Å². The Balaban J connectivity index is 1.87. The average Bonchev–Trinajstić information content (AvgIpc) is 2.43. The van der Waals surface area contributed by atoms with Crippen LogP contribution in [0, 0.1) is 11.7 Å². The Bertz CT molecular complexity index is 545. The van der Waals surface area contributed by atoms with E-state index in [2.05, 4.69) is 21.2 Å². The molecule has 0 spiro atoms. The third-order valence-electron chi connectivity index (χ3n) is 3.54. The van der Waals surface area contributed by atoms with Crippen LogP contribution in [0.1, 0.15) is 19.3 Å². The van der Waals surface area contributed by atoms with E-state index in [1.165, 1.54) is 18.2 Å². The second kappa shape index (κ2) is 6.89. The number of carboxylic acid groups (broad SMARTS) is 1. The van der Waals surface area contributed by atoms with E-state index in [9.17, 15) is 14.0 Å². The van der Waals surface area contributed by atoms with E-state index in [0.717, 1.165) is 0 Å². The number of carbonyl (C=O) groups excluding carboxylic acids is 1. The van der Waals surface area contributed by atoms with Gasteiger partial charge in [0.15, 0.2) is 0 Å². The van der Waals surface area contributed by atoms with E-state index in [4.69, 9.17) is 5.11 Å². The summed E-state index contributed by atoms with van der Waals surface area (Å²) in [5.41, 5.74) is 0.515. The molecule has 1 aliphatic rings. The molecular weight excluding hydrogens is 343 g/mol. The molecule has 114 valence electrons. The number of anilines is 1. The number of nitrogens with zero attached hydrogens (tertiary/aromatic N) is 1. The Hall–Kier alpha value is -1.63. The number of carboxylic acids is 1. The molecule has 5 nitrogen and oxygen atoms in total. The van der Waals surface area contributed by atoms with E-state index in [1.54, 1.807) is 4.90 Å². The van der Waals surface area contributed by atoms with Crippen molar-refractivity contribution in [2.45, 2.75) is 19.3 Å². The summed E-state index contributed by atoms with van der Waals surface area (Å²) >= 11 is 3.07. The number of hydrogen-bond donors (Lipinski definition) is 2. The highest BCUT2D eigenvalue weighted by Gasteiger charge is 2.24. The minimum atomic E-state index is -0.797. The quantitative estimate of drug-likeness (QED) is 0.870. The largest absolute Gasteiger partial charge is 0.481 e. The number of amides is 2. The zero-order valence-corrected chi connectivity index (χ0v) is 12.9. The first-order valence-corrected chi connectivity index (χ1v) is 7.48. The molecular formula is C14H16BrFN2O3. The van der Waals surface area contributed by atoms with Crippen molar-refractivity contribution in [1.82, 2.24) is 4.90 Å². The monoisotopic (exact) mass is 358 g/mol. The Labute approximate surface area is 130 Å². The van der Waals surface area contributed by atoms with E-state index >= 15 is 0 Å². The van der Waals surface area contributed by atoms with Crippen LogP contribution < -0.4 is 5.32 Å². The standard InChI is InChI=1S/C14H16BrFN2O3/c15-11-8-10(1-2-12(11)16)17-14(21)18-5-3-9(4-6-18)7-13(19)20/h1-2,8-9H,3-7H2,(H,17,21)(H,19,20). The van der Waals surface area contributed by atoms with E-state index in [0.29, 0.717) is 36.1 Å². The van der Waals surface area contributed by atoms with Gasteiger partial charge < -0.3 is 15.3 Å². The SMILES string of the molecule is O=C(O)CC1CCN(C(=O)Nc2ccc(F)c(Br)c2)CC1. The van der Waals surface area contributed by atoms with Crippen molar-refractivity contribution in [2.24, 2.45) is 5.92 Å². The lowest BCUT2D eigenvalue weighted by Crippen LogP contribution is -2.41. The van der Waals surface area contributed by atoms with Crippen LogP contribution in [0.3, 0.4) is 0 Å². The van der Waals surface area contributed by atoms with Crippen LogP contribution in [-0.4, -0.2) is 35.1 Å². The van der Waals surface area contributed by atoms with Crippen LogP contribution in [0.2, 0.25) is 0 Å². The third kappa shape index (κ3) is 4.42. The van der Waals surface area contributed by atoms with Gasteiger partial charge in [0.2, 0.25) is 0 Å². The molecule has 1 aromatic carbocycles. The summed E-state index contributed by atoms with van der Waals surface area (Å²) < 4.78 is 13.4.